The lowest BCUT2D eigenvalue weighted by Gasteiger charge is -2.30. The van der Waals surface area contributed by atoms with Crippen LogP contribution in [0, 0.1) is 17.6 Å². The van der Waals surface area contributed by atoms with E-state index in [1.165, 1.54) is 6.07 Å². The molecule has 0 aliphatic heterocycles. The third-order valence-electron chi connectivity index (χ3n) is 4.28. The summed E-state index contributed by atoms with van der Waals surface area (Å²) in [6.45, 7) is 0.0826. The molecule has 1 aliphatic rings. The van der Waals surface area contributed by atoms with Gasteiger partial charge in [-0.1, -0.05) is 12.5 Å². The van der Waals surface area contributed by atoms with E-state index in [1.54, 1.807) is 7.05 Å². The third kappa shape index (κ3) is 3.00. The second kappa shape index (κ2) is 6.39. The van der Waals surface area contributed by atoms with E-state index in [9.17, 15) is 18.7 Å². The number of carboxylic acids is 1. The van der Waals surface area contributed by atoms with Gasteiger partial charge in [-0.15, -0.1) is 0 Å². The molecule has 0 bridgehead atoms. The minimum atomic E-state index is -0.961. The lowest BCUT2D eigenvalue weighted by Crippen LogP contribution is -2.53. The molecule has 1 aromatic carbocycles. The van der Waals surface area contributed by atoms with Gasteiger partial charge in [0.05, 0.1) is 6.61 Å². The molecule has 6 heteroatoms. The van der Waals surface area contributed by atoms with Crippen molar-refractivity contribution in [2.75, 3.05) is 13.7 Å². The summed E-state index contributed by atoms with van der Waals surface area (Å²) in [5.41, 5.74) is -0.961. The summed E-state index contributed by atoms with van der Waals surface area (Å²) < 4.78 is 32.0. The van der Waals surface area contributed by atoms with Gasteiger partial charge in [0.25, 0.3) is 0 Å². The number of likely N-dealkylation sites (N-methyl/N-ethyl adjacent to an activating group) is 1. The molecule has 1 aliphatic carbocycles. The van der Waals surface area contributed by atoms with Crippen LogP contribution in [-0.2, 0) is 4.79 Å². The number of hydrogen-bond acceptors (Lipinski definition) is 3. The smallest absolute Gasteiger partial charge is 0.324 e. The van der Waals surface area contributed by atoms with Crippen molar-refractivity contribution in [3.63, 3.8) is 0 Å². The minimum absolute atomic E-state index is 0.0826. The molecule has 1 aromatic rings. The summed E-state index contributed by atoms with van der Waals surface area (Å²) in [4.78, 5) is 11.5. The average Bonchev–Trinajstić information content (AvgIpc) is 2.86. The number of benzene rings is 1. The van der Waals surface area contributed by atoms with Crippen LogP contribution in [0.5, 0.6) is 5.75 Å². The molecule has 0 amide bonds. The highest BCUT2D eigenvalue weighted by molar-refractivity contribution is 5.79. The van der Waals surface area contributed by atoms with Gasteiger partial charge in [-0.25, -0.2) is 8.78 Å². The van der Waals surface area contributed by atoms with Crippen LogP contribution >= 0.6 is 0 Å². The predicted molar refractivity (Wildman–Crippen MR) is 73.2 cm³/mol. The Morgan fingerprint density at radius 3 is 2.71 bits per heavy atom. The zero-order valence-electron chi connectivity index (χ0n) is 11.9. The molecule has 1 saturated carbocycles. The molecule has 2 rings (SSSR count). The van der Waals surface area contributed by atoms with Crippen molar-refractivity contribution < 1.29 is 23.4 Å². The summed E-state index contributed by atoms with van der Waals surface area (Å²) in [6.07, 6.45) is 2.56. The number of carbonyl (C=O) groups is 1. The number of carboxylic acid groups (broad SMARTS) is 1. The van der Waals surface area contributed by atoms with Crippen molar-refractivity contribution in [3.8, 4) is 5.75 Å². The average molecular weight is 299 g/mol. The van der Waals surface area contributed by atoms with Crippen LogP contribution < -0.4 is 10.1 Å². The zero-order valence-corrected chi connectivity index (χ0v) is 11.9. The van der Waals surface area contributed by atoms with Crippen LogP contribution in [0.3, 0.4) is 0 Å². The van der Waals surface area contributed by atoms with E-state index >= 15 is 0 Å². The Morgan fingerprint density at radius 1 is 1.48 bits per heavy atom. The third-order valence-corrected chi connectivity index (χ3v) is 4.28. The quantitative estimate of drug-likeness (QED) is 0.847. The Bertz CT molecular complexity index is 503. The van der Waals surface area contributed by atoms with E-state index in [0.29, 0.717) is 12.8 Å². The molecule has 0 spiro atoms. The minimum Gasteiger partial charge on any atom is -0.488 e. The molecule has 0 saturated heterocycles. The largest absolute Gasteiger partial charge is 0.488 e. The Labute approximate surface area is 122 Å². The second-order valence-corrected chi connectivity index (χ2v) is 5.30. The van der Waals surface area contributed by atoms with Crippen LogP contribution in [0.4, 0.5) is 8.78 Å². The number of halogens is 2. The summed E-state index contributed by atoms with van der Waals surface area (Å²) in [7, 11) is 1.63. The van der Waals surface area contributed by atoms with Crippen LogP contribution in [0.1, 0.15) is 25.7 Å². The van der Waals surface area contributed by atoms with Crippen LogP contribution in [0.15, 0.2) is 18.2 Å². The number of rotatable bonds is 6. The first kappa shape index (κ1) is 15.7. The molecule has 0 radical (unpaired) electrons. The van der Waals surface area contributed by atoms with Crippen molar-refractivity contribution in [3.05, 3.63) is 29.8 Å². The van der Waals surface area contributed by atoms with Gasteiger partial charge in [0.1, 0.15) is 5.54 Å². The number of aliphatic carboxylic acids is 1. The monoisotopic (exact) mass is 299 g/mol. The summed E-state index contributed by atoms with van der Waals surface area (Å²) in [5.74, 6) is -2.90. The van der Waals surface area contributed by atoms with Crippen molar-refractivity contribution in [1.29, 1.82) is 0 Å². The van der Waals surface area contributed by atoms with Gasteiger partial charge < -0.3 is 15.2 Å². The maximum absolute atomic E-state index is 13.4. The summed E-state index contributed by atoms with van der Waals surface area (Å²) in [6, 6.07) is 3.53. The Balaban J connectivity index is 1.98. The molecule has 2 atom stereocenters. The molecule has 2 unspecified atom stereocenters. The van der Waals surface area contributed by atoms with Crippen LogP contribution in [-0.4, -0.2) is 30.3 Å². The number of para-hydroxylation sites is 1. The van der Waals surface area contributed by atoms with Gasteiger partial charge in [-0.3, -0.25) is 4.79 Å². The van der Waals surface area contributed by atoms with Crippen molar-refractivity contribution in [2.45, 2.75) is 31.2 Å². The van der Waals surface area contributed by atoms with E-state index < -0.39 is 28.9 Å². The van der Waals surface area contributed by atoms with Gasteiger partial charge in [0.15, 0.2) is 17.4 Å². The lowest BCUT2D eigenvalue weighted by atomic mass is 9.85. The highest BCUT2D eigenvalue weighted by Gasteiger charge is 2.47. The van der Waals surface area contributed by atoms with E-state index in [0.717, 1.165) is 25.0 Å². The van der Waals surface area contributed by atoms with E-state index in [-0.39, 0.29) is 12.5 Å². The predicted octanol–water partition coefficient (Wildman–Crippen LogP) is 2.58. The highest BCUT2D eigenvalue weighted by atomic mass is 19.1. The lowest BCUT2D eigenvalue weighted by molar-refractivity contribution is -0.146. The van der Waals surface area contributed by atoms with Gasteiger partial charge in [-0.05, 0) is 44.4 Å². The number of nitrogens with one attached hydrogen (secondary N) is 1. The van der Waals surface area contributed by atoms with E-state index in [2.05, 4.69) is 5.32 Å². The first-order valence-electron chi connectivity index (χ1n) is 7.00. The normalized spacial score (nSPS) is 25.0. The molecule has 0 heterocycles. The van der Waals surface area contributed by atoms with Crippen molar-refractivity contribution >= 4 is 5.97 Å². The Hall–Kier alpha value is -1.69. The standard InChI is InChI=1S/C15H19F2NO3/c1-18-15(14(19)20)8-3-4-10(15)7-9-21-13-11(16)5-2-6-12(13)17/h2,5-6,10,18H,3-4,7-9H2,1H3,(H,19,20). The molecule has 4 nitrogen and oxygen atoms in total. The molecular weight excluding hydrogens is 280 g/mol. The van der Waals surface area contributed by atoms with Gasteiger partial charge in [-0.2, -0.15) is 0 Å². The Kier molecular flexibility index (Phi) is 4.77. The van der Waals surface area contributed by atoms with Gasteiger partial charge in [0.2, 0.25) is 0 Å². The van der Waals surface area contributed by atoms with E-state index in [4.69, 9.17) is 4.74 Å². The molecule has 0 aromatic heterocycles. The second-order valence-electron chi connectivity index (χ2n) is 5.30. The fourth-order valence-corrected chi connectivity index (χ4v) is 3.11. The first-order valence-corrected chi connectivity index (χ1v) is 7.00. The molecular formula is C15H19F2NO3. The van der Waals surface area contributed by atoms with E-state index in [1.807, 2.05) is 0 Å². The molecule has 2 N–H and O–H groups in total. The number of hydrogen-bond donors (Lipinski definition) is 2. The fourth-order valence-electron chi connectivity index (χ4n) is 3.11. The van der Waals surface area contributed by atoms with Gasteiger partial charge in [0, 0.05) is 0 Å². The van der Waals surface area contributed by atoms with Crippen LogP contribution in [0.25, 0.3) is 0 Å². The highest BCUT2D eigenvalue weighted by Crippen LogP contribution is 2.38. The Morgan fingerprint density at radius 2 is 2.14 bits per heavy atom. The van der Waals surface area contributed by atoms with Gasteiger partial charge >= 0.3 is 5.97 Å². The fraction of sp³-hybridized carbons (Fsp3) is 0.533. The topological polar surface area (TPSA) is 58.6 Å². The first-order chi connectivity index (χ1) is 10.0. The summed E-state index contributed by atoms with van der Waals surface area (Å²) in [5, 5.41) is 12.3. The van der Waals surface area contributed by atoms with Crippen LogP contribution in [0.2, 0.25) is 0 Å². The number of ether oxygens (including phenoxy) is 1. The molecule has 1 fully saturated rings. The molecule has 21 heavy (non-hydrogen) atoms. The molecule has 116 valence electrons. The zero-order chi connectivity index (χ0) is 15.5. The maximum Gasteiger partial charge on any atom is 0.324 e. The van der Waals surface area contributed by atoms with Crippen molar-refractivity contribution in [1.82, 2.24) is 5.32 Å². The maximum atomic E-state index is 13.4. The summed E-state index contributed by atoms with van der Waals surface area (Å²) >= 11 is 0. The van der Waals surface area contributed by atoms with Crippen molar-refractivity contribution in [2.24, 2.45) is 5.92 Å². The SMILES string of the molecule is CNC1(C(=O)O)CCCC1CCOc1c(F)cccc1F.